The number of Topliss-reactive ketones (excluding diaryl/α,β-unsaturated/α-hetero) is 1. The highest BCUT2D eigenvalue weighted by atomic mass is 16.1. The molecule has 0 spiro atoms. The van der Waals surface area contributed by atoms with Crippen molar-refractivity contribution in [3.05, 3.63) is 0 Å². The second-order valence-corrected chi connectivity index (χ2v) is 2.44. The first-order valence-electron chi connectivity index (χ1n) is 5.62. The summed E-state index contributed by atoms with van der Waals surface area (Å²) in [5.41, 5.74) is 0. The lowest BCUT2D eigenvalue weighted by atomic mass is 10.1. The molecule has 0 aromatic rings. The third kappa shape index (κ3) is 7.67. The van der Waals surface area contributed by atoms with E-state index in [1.165, 1.54) is 0 Å². The summed E-state index contributed by atoms with van der Waals surface area (Å²) in [4.78, 5) is 11.2. The van der Waals surface area contributed by atoms with Crippen molar-refractivity contribution in [2.24, 2.45) is 5.92 Å². The number of carbonyl (C=O) groups is 1. The minimum absolute atomic E-state index is 0.0259. The lowest BCUT2D eigenvalue weighted by Crippen LogP contribution is -1.92. The van der Waals surface area contributed by atoms with Gasteiger partial charge in [-0.2, -0.15) is 0 Å². The lowest BCUT2D eigenvalue weighted by Gasteiger charge is -2.00. The molecule has 0 aliphatic carbocycles. The van der Waals surface area contributed by atoms with E-state index < -0.39 is 19.0 Å². The molecule has 0 fully saturated rings. The van der Waals surface area contributed by atoms with Crippen LogP contribution in [0.5, 0.6) is 0 Å². The molecule has 0 aliphatic heterocycles. The minimum Gasteiger partial charge on any atom is -0.300 e. The molecule has 0 saturated heterocycles. The maximum atomic E-state index is 11.2. The molecule has 0 saturated carbocycles. The number of carbonyl (C=O) groups excluding carboxylic acids is 1. The Labute approximate surface area is 64.5 Å². The largest absolute Gasteiger partial charge is 0.300 e. The molecule has 1 nitrogen and oxygen atoms in total. The smallest absolute Gasteiger partial charge is 0.129 e. The molecule has 0 unspecified atom stereocenters. The summed E-state index contributed by atoms with van der Waals surface area (Å²) in [6.45, 7) is 0.965. The standard InChI is InChI=1S/C8H16O/c1-7(2)5-4-6-8(3)9/h7H,4-6H2,1-3H3/i3D3,6D2. The quantitative estimate of drug-likeness (QED) is 0.575. The molecular weight excluding hydrogens is 112 g/mol. The fraction of sp³-hybridized carbons (Fsp3) is 0.875. The van der Waals surface area contributed by atoms with Crippen molar-refractivity contribution in [1.29, 1.82) is 0 Å². The molecule has 0 aromatic heterocycles. The molecule has 0 aromatic carbocycles. The normalized spacial score (nSPS) is 21.4. The Kier molecular flexibility index (Phi) is 1.60. The summed E-state index contributed by atoms with van der Waals surface area (Å²) in [6.07, 6.45) is -1.74. The zero-order chi connectivity index (χ0) is 11.6. The Morgan fingerprint density at radius 1 is 1.78 bits per heavy atom. The second-order valence-electron chi connectivity index (χ2n) is 2.44. The number of hydrogen-bond donors (Lipinski definition) is 0. The van der Waals surface area contributed by atoms with Gasteiger partial charge in [0, 0.05) is 13.2 Å². The molecule has 0 aliphatic rings. The molecule has 0 N–H and O–H groups in total. The molecule has 9 heavy (non-hydrogen) atoms. The molecule has 1 heteroatoms. The second kappa shape index (κ2) is 4.54. The van der Waals surface area contributed by atoms with E-state index in [1.54, 1.807) is 0 Å². The van der Waals surface area contributed by atoms with Crippen LogP contribution in [-0.2, 0) is 4.79 Å². The first-order chi connectivity index (χ1) is 6.07. The van der Waals surface area contributed by atoms with Crippen LogP contribution in [0.1, 0.15) is 46.8 Å². The van der Waals surface area contributed by atoms with Gasteiger partial charge in [-0.05, 0) is 19.2 Å². The molecule has 0 atom stereocenters. The van der Waals surface area contributed by atoms with Crippen LogP contribution >= 0.6 is 0 Å². The van der Waals surface area contributed by atoms with Crippen molar-refractivity contribution in [3.8, 4) is 0 Å². The Balaban J connectivity index is 4.39. The molecule has 0 radical (unpaired) electrons. The van der Waals surface area contributed by atoms with Crippen molar-refractivity contribution < 1.29 is 11.6 Å². The summed E-state index contributed by atoms with van der Waals surface area (Å²) in [6, 6.07) is 0. The van der Waals surface area contributed by atoms with Crippen LogP contribution < -0.4 is 0 Å². The van der Waals surface area contributed by atoms with Crippen molar-refractivity contribution in [3.63, 3.8) is 0 Å². The van der Waals surface area contributed by atoms with Gasteiger partial charge in [-0.3, -0.25) is 0 Å². The van der Waals surface area contributed by atoms with Gasteiger partial charge in [0.05, 0.1) is 0 Å². The minimum atomic E-state index is -2.83. The van der Waals surface area contributed by atoms with E-state index >= 15 is 0 Å². The van der Waals surface area contributed by atoms with E-state index in [-0.39, 0.29) is 12.3 Å². The van der Waals surface area contributed by atoms with Gasteiger partial charge in [-0.15, -0.1) is 0 Å². The number of hydrogen-bond acceptors (Lipinski definition) is 1. The number of ketones is 1. The molecule has 0 amide bonds. The van der Waals surface area contributed by atoms with E-state index in [1.807, 2.05) is 13.8 Å². The van der Waals surface area contributed by atoms with Gasteiger partial charge in [0.2, 0.25) is 0 Å². The summed E-state index contributed by atoms with van der Waals surface area (Å²) in [5.74, 6) is -1.03. The fourth-order valence-corrected chi connectivity index (χ4v) is 0.474. The third-order valence-electron chi connectivity index (χ3n) is 1.01. The topological polar surface area (TPSA) is 17.1 Å². The van der Waals surface area contributed by atoms with Gasteiger partial charge in [0.1, 0.15) is 5.78 Å². The fourth-order valence-electron chi connectivity index (χ4n) is 0.474. The van der Waals surface area contributed by atoms with E-state index in [9.17, 15) is 4.79 Å². The van der Waals surface area contributed by atoms with E-state index in [0.717, 1.165) is 0 Å². The van der Waals surface area contributed by atoms with Gasteiger partial charge < -0.3 is 4.79 Å². The van der Waals surface area contributed by atoms with E-state index in [0.29, 0.717) is 6.42 Å². The molecular formula is C8H16O. The van der Waals surface area contributed by atoms with Crippen LogP contribution in [0.4, 0.5) is 0 Å². The summed E-state index contributed by atoms with van der Waals surface area (Å²) >= 11 is 0. The highest BCUT2D eigenvalue weighted by molar-refractivity contribution is 5.75. The first kappa shape index (κ1) is 3.18. The summed E-state index contributed by atoms with van der Waals surface area (Å²) in [7, 11) is 0. The van der Waals surface area contributed by atoms with Crippen LogP contribution in [0.3, 0.4) is 0 Å². The SMILES string of the molecule is [2H]C([2H])([2H])C(=O)C([2H])([2H])CCC(C)C. The van der Waals surface area contributed by atoms with Crippen molar-refractivity contribution in [2.75, 3.05) is 0 Å². The predicted molar refractivity (Wildman–Crippen MR) is 39.4 cm³/mol. The average molecular weight is 133 g/mol. The molecule has 54 valence electrons. The van der Waals surface area contributed by atoms with Gasteiger partial charge >= 0.3 is 0 Å². The van der Waals surface area contributed by atoms with Crippen LogP contribution in [-0.4, -0.2) is 5.78 Å². The Morgan fingerprint density at radius 3 is 2.89 bits per heavy atom. The van der Waals surface area contributed by atoms with Crippen LogP contribution in [0.25, 0.3) is 0 Å². The summed E-state index contributed by atoms with van der Waals surface area (Å²) < 4.78 is 35.1. The van der Waals surface area contributed by atoms with E-state index in [4.69, 9.17) is 6.85 Å². The van der Waals surface area contributed by atoms with Gasteiger partial charge in [-0.1, -0.05) is 20.3 Å². The van der Waals surface area contributed by atoms with Gasteiger partial charge in [-0.25, -0.2) is 0 Å². The maximum absolute atomic E-state index is 11.2. The average Bonchev–Trinajstić information content (AvgIpc) is 1.98. The van der Waals surface area contributed by atoms with Gasteiger partial charge in [0.15, 0.2) is 0 Å². The highest BCUT2D eigenvalue weighted by Gasteiger charge is 1.95. The molecule has 0 bridgehead atoms. The third-order valence-corrected chi connectivity index (χ3v) is 1.01. The number of rotatable bonds is 4. The predicted octanol–water partition coefficient (Wildman–Crippen LogP) is 2.40. The Bertz CT molecular complexity index is 206. The van der Waals surface area contributed by atoms with Crippen molar-refractivity contribution >= 4 is 5.78 Å². The first-order valence-corrected chi connectivity index (χ1v) is 3.12. The molecule has 0 rings (SSSR count). The van der Waals surface area contributed by atoms with Crippen molar-refractivity contribution in [1.82, 2.24) is 0 Å². The van der Waals surface area contributed by atoms with Crippen molar-refractivity contribution in [2.45, 2.75) is 39.9 Å². The highest BCUT2D eigenvalue weighted by Crippen LogP contribution is 2.05. The van der Waals surface area contributed by atoms with Gasteiger partial charge in [0.25, 0.3) is 0 Å². The van der Waals surface area contributed by atoms with E-state index in [2.05, 4.69) is 0 Å². The maximum Gasteiger partial charge on any atom is 0.129 e. The monoisotopic (exact) mass is 133 g/mol. The molecule has 0 heterocycles. The zero-order valence-corrected chi connectivity index (χ0v) is 5.90. The Hall–Kier alpha value is -0.330. The van der Waals surface area contributed by atoms with Crippen LogP contribution in [0.15, 0.2) is 0 Å². The zero-order valence-electron chi connectivity index (χ0n) is 10.9. The van der Waals surface area contributed by atoms with Crippen LogP contribution in [0.2, 0.25) is 0 Å². The lowest BCUT2D eigenvalue weighted by molar-refractivity contribution is -0.117. The Morgan fingerprint density at radius 2 is 2.44 bits per heavy atom. The summed E-state index contributed by atoms with van der Waals surface area (Å²) in [5, 5.41) is 0. The van der Waals surface area contributed by atoms with Crippen LogP contribution in [0, 0.1) is 5.92 Å².